The van der Waals surface area contributed by atoms with Gasteiger partial charge < -0.3 is 20.8 Å². The van der Waals surface area contributed by atoms with E-state index in [2.05, 4.69) is 29.7 Å². The maximum atomic E-state index is 13.9. The van der Waals surface area contributed by atoms with Crippen LogP contribution >= 0.6 is 0 Å². The lowest BCUT2D eigenvalue weighted by Gasteiger charge is -2.25. The first-order valence-corrected chi connectivity index (χ1v) is 13.3. The number of nitrogens with one attached hydrogen (secondary N) is 2. The summed E-state index contributed by atoms with van der Waals surface area (Å²) in [5, 5.41) is 26.4. The monoisotopic (exact) mass is 539 g/mol. The summed E-state index contributed by atoms with van der Waals surface area (Å²) in [6.45, 7) is 5.78. The molecule has 0 aliphatic heterocycles. The van der Waals surface area contributed by atoms with Crippen LogP contribution in [0.4, 0.5) is 8.78 Å². The second-order valence-corrected chi connectivity index (χ2v) is 10.1. The van der Waals surface area contributed by atoms with Gasteiger partial charge in [-0.2, -0.15) is 0 Å². The zero-order chi connectivity index (χ0) is 28.4. The zero-order valence-corrected chi connectivity index (χ0v) is 22.9. The fourth-order valence-electron chi connectivity index (χ4n) is 4.63. The van der Waals surface area contributed by atoms with Crippen LogP contribution in [0.3, 0.4) is 0 Å². The van der Waals surface area contributed by atoms with Gasteiger partial charge in [-0.25, -0.2) is 8.78 Å². The third-order valence-corrected chi connectivity index (χ3v) is 6.57. The molecule has 210 valence electrons. The van der Waals surface area contributed by atoms with E-state index in [1.807, 2.05) is 37.1 Å². The Hall–Kier alpha value is -3.17. The number of rotatable bonds is 14. The number of hydrogen-bond acceptors (Lipinski definition) is 5. The summed E-state index contributed by atoms with van der Waals surface area (Å²) in [5.41, 5.74) is 4.87. The number of nitrogens with zero attached hydrogens (tertiary/aromatic N) is 1. The number of aryl methyl sites for hydroxylation is 2. The summed E-state index contributed by atoms with van der Waals surface area (Å²) >= 11 is 0. The zero-order valence-electron chi connectivity index (χ0n) is 22.9. The van der Waals surface area contributed by atoms with Crippen molar-refractivity contribution in [2.24, 2.45) is 0 Å². The summed E-state index contributed by atoms with van der Waals surface area (Å²) in [6.07, 6.45) is -0.0470. The largest absolute Gasteiger partial charge is 0.395 e. The van der Waals surface area contributed by atoms with E-state index < -0.39 is 23.8 Å². The maximum absolute atomic E-state index is 13.9. The van der Waals surface area contributed by atoms with Crippen LogP contribution in [-0.2, 0) is 25.9 Å². The fourth-order valence-corrected chi connectivity index (χ4v) is 4.63. The minimum Gasteiger partial charge on any atom is -0.395 e. The van der Waals surface area contributed by atoms with Crippen molar-refractivity contribution < 1.29 is 23.8 Å². The average molecular weight is 540 g/mol. The Morgan fingerprint density at radius 3 is 2.38 bits per heavy atom. The Kier molecular flexibility index (Phi) is 11.6. The third-order valence-electron chi connectivity index (χ3n) is 6.57. The lowest BCUT2D eigenvalue weighted by Crippen LogP contribution is -2.48. The first-order chi connectivity index (χ1) is 18.7. The number of amides is 1. The van der Waals surface area contributed by atoms with E-state index in [0.717, 1.165) is 29.2 Å². The SMILES string of the molecule is CCc1cccc(CNC[C@@H](O)[C@H](Cc2cc(F)cc(F)c2)NC(=O)c2cc(C)cc(CN(C)CCO)c2)c1. The summed E-state index contributed by atoms with van der Waals surface area (Å²) < 4.78 is 27.8. The highest BCUT2D eigenvalue weighted by molar-refractivity contribution is 5.94. The van der Waals surface area contributed by atoms with Crippen LogP contribution in [0.2, 0.25) is 0 Å². The van der Waals surface area contributed by atoms with E-state index in [-0.39, 0.29) is 25.5 Å². The second kappa shape index (κ2) is 14.8. The molecule has 0 aliphatic rings. The molecule has 0 saturated heterocycles. The number of carbonyl (C=O) groups is 1. The number of hydrogen-bond donors (Lipinski definition) is 4. The molecular formula is C31H39F2N3O3. The Balaban J connectivity index is 1.75. The predicted octanol–water partition coefficient (Wildman–Crippen LogP) is 3.75. The Bertz CT molecular complexity index is 1220. The van der Waals surface area contributed by atoms with Gasteiger partial charge in [0.25, 0.3) is 5.91 Å². The molecule has 0 saturated carbocycles. The third kappa shape index (κ3) is 9.82. The van der Waals surface area contributed by atoms with E-state index in [4.69, 9.17) is 0 Å². The number of benzene rings is 3. The van der Waals surface area contributed by atoms with Crippen molar-refractivity contribution in [3.63, 3.8) is 0 Å². The van der Waals surface area contributed by atoms with Gasteiger partial charge in [-0.3, -0.25) is 9.69 Å². The van der Waals surface area contributed by atoms with Gasteiger partial charge in [-0.15, -0.1) is 0 Å². The first-order valence-electron chi connectivity index (χ1n) is 13.3. The van der Waals surface area contributed by atoms with Crippen molar-refractivity contribution in [3.8, 4) is 0 Å². The van der Waals surface area contributed by atoms with Gasteiger partial charge in [-0.1, -0.05) is 42.8 Å². The van der Waals surface area contributed by atoms with Crippen LogP contribution in [0.5, 0.6) is 0 Å². The van der Waals surface area contributed by atoms with Crippen molar-refractivity contribution in [1.29, 1.82) is 0 Å². The first kappa shape index (κ1) is 30.4. The van der Waals surface area contributed by atoms with Crippen molar-refractivity contribution >= 4 is 5.91 Å². The number of likely N-dealkylation sites (N-methyl/N-ethyl adjacent to an activating group) is 1. The van der Waals surface area contributed by atoms with E-state index in [1.165, 1.54) is 17.7 Å². The molecule has 0 heterocycles. The highest BCUT2D eigenvalue weighted by Crippen LogP contribution is 2.15. The molecule has 0 aliphatic carbocycles. The minimum atomic E-state index is -1.02. The Labute approximate surface area is 229 Å². The van der Waals surface area contributed by atoms with E-state index in [0.29, 0.717) is 30.8 Å². The molecule has 3 rings (SSSR count). The molecule has 39 heavy (non-hydrogen) atoms. The molecule has 1 amide bonds. The van der Waals surface area contributed by atoms with Gasteiger partial charge in [-0.05, 0) is 73.3 Å². The molecule has 0 radical (unpaired) electrons. The lowest BCUT2D eigenvalue weighted by molar-refractivity contribution is 0.0829. The van der Waals surface area contributed by atoms with Gasteiger partial charge in [0.2, 0.25) is 0 Å². The lowest BCUT2D eigenvalue weighted by atomic mass is 9.99. The topological polar surface area (TPSA) is 84.8 Å². The van der Waals surface area contributed by atoms with Gasteiger partial charge in [0, 0.05) is 37.8 Å². The fraction of sp³-hybridized carbons (Fsp3) is 0.387. The summed E-state index contributed by atoms with van der Waals surface area (Å²) in [7, 11) is 1.88. The highest BCUT2D eigenvalue weighted by atomic mass is 19.1. The molecule has 8 heteroatoms. The van der Waals surface area contributed by atoms with Crippen molar-refractivity contribution in [3.05, 3.63) is 106 Å². The van der Waals surface area contributed by atoms with Gasteiger partial charge in [0.05, 0.1) is 18.8 Å². The van der Waals surface area contributed by atoms with E-state index >= 15 is 0 Å². The van der Waals surface area contributed by atoms with Crippen molar-refractivity contribution in [1.82, 2.24) is 15.5 Å². The van der Waals surface area contributed by atoms with Crippen LogP contribution in [0, 0.1) is 18.6 Å². The van der Waals surface area contributed by atoms with Crippen LogP contribution in [0.1, 0.15) is 45.1 Å². The van der Waals surface area contributed by atoms with E-state index in [9.17, 15) is 23.8 Å². The van der Waals surface area contributed by atoms with Crippen LogP contribution in [-0.4, -0.2) is 59.9 Å². The Morgan fingerprint density at radius 2 is 1.69 bits per heavy atom. The number of aliphatic hydroxyl groups excluding tert-OH is 2. The smallest absolute Gasteiger partial charge is 0.251 e. The quantitative estimate of drug-likeness (QED) is 0.251. The van der Waals surface area contributed by atoms with Crippen molar-refractivity contribution in [2.75, 3.05) is 26.7 Å². The van der Waals surface area contributed by atoms with Gasteiger partial charge >= 0.3 is 0 Å². The highest BCUT2D eigenvalue weighted by Gasteiger charge is 2.23. The van der Waals surface area contributed by atoms with Crippen molar-refractivity contribution in [2.45, 2.75) is 51.9 Å². The number of halogens is 2. The molecule has 6 nitrogen and oxygen atoms in total. The molecular weight excluding hydrogens is 500 g/mol. The van der Waals surface area contributed by atoms with Crippen LogP contribution in [0.25, 0.3) is 0 Å². The summed E-state index contributed by atoms with van der Waals surface area (Å²) in [6, 6.07) is 16.1. The second-order valence-electron chi connectivity index (χ2n) is 10.1. The minimum absolute atomic E-state index is 0.0357. The molecule has 0 aromatic heterocycles. The average Bonchev–Trinajstić information content (AvgIpc) is 2.87. The normalized spacial score (nSPS) is 12.9. The standard InChI is InChI=1S/C31H39F2N3O3/c1-4-22-6-5-7-23(12-22)18-34-19-30(38)29(16-24-14-27(32)17-28(33)15-24)35-31(39)26-11-21(2)10-25(13-26)20-36(3)8-9-37/h5-7,10-15,17,29-30,34,37-38H,4,8-9,16,18-20H2,1-3H3,(H,35,39)/t29-,30+/m0/s1. The van der Waals surface area contributed by atoms with E-state index in [1.54, 1.807) is 12.1 Å². The number of aliphatic hydroxyl groups is 2. The summed E-state index contributed by atoms with van der Waals surface area (Å²) in [4.78, 5) is 15.3. The number of carbonyl (C=O) groups excluding carboxylic acids is 1. The maximum Gasteiger partial charge on any atom is 0.251 e. The molecule has 3 aromatic carbocycles. The Morgan fingerprint density at radius 1 is 0.974 bits per heavy atom. The summed E-state index contributed by atoms with van der Waals surface area (Å²) in [5.74, 6) is -1.82. The van der Waals surface area contributed by atoms with Gasteiger partial charge in [0.15, 0.2) is 0 Å². The molecule has 0 unspecified atom stereocenters. The molecule has 0 bridgehead atoms. The molecule has 2 atom stereocenters. The molecule has 3 aromatic rings. The van der Waals surface area contributed by atoms with Crippen LogP contribution < -0.4 is 10.6 Å². The molecule has 0 fully saturated rings. The van der Waals surface area contributed by atoms with Gasteiger partial charge in [0.1, 0.15) is 11.6 Å². The molecule has 0 spiro atoms. The molecule has 4 N–H and O–H groups in total. The predicted molar refractivity (Wildman–Crippen MR) is 149 cm³/mol. The van der Waals surface area contributed by atoms with Crippen LogP contribution in [0.15, 0.2) is 60.7 Å².